The van der Waals surface area contributed by atoms with Gasteiger partial charge in [0.2, 0.25) is 0 Å². The molecule has 0 saturated heterocycles. The van der Waals surface area contributed by atoms with Crippen LogP contribution in [0.2, 0.25) is 5.02 Å². The third kappa shape index (κ3) is 3.62. The van der Waals surface area contributed by atoms with Crippen molar-refractivity contribution >= 4 is 23.2 Å². The van der Waals surface area contributed by atoms with Crippen LogP contribution in [-0.4, -0.2) is 11.4 Å². The summed E-state index contributed by atoms with van der Waals surface area (Å²) in [6, 6.07) is 4.92. The first-order chi connectivity index (χ1) is 9.06. The molecule has 1 N–H and O–H groups in total. The molecular formula is C15H20Cl2FN. The number of hydrogen-bond donors (Lipinski definition) is 1. The smallest absolute Gasteiger partial charge is 0.142 e. The largest absolute Gasteiger partial charge is 0.306 e. The quantitative estimate of drug-likeness (QED) is 0.791. The lowest BCUT2D eigenvalue weighted by atomic mass is 9.78. The second-order valence-electron chi connectivity index (χ2n) is 5.66. The highest BCUT2D eigenvalue weighted by Gasteiger charge is 2.32. The topological polar surface area (TPSA) is 12.0 Å². The van der Waals surface area contributed by atoms with Crippen LogP contribution in [0.3, 0.4) is 0 Å². The molecule has 0 unspecified atom stereocenters. The van der Waals surface area contributed by atoms with Crippen molar-refractivity contribution < 1.29 is 4.39 Å². The molecule has 0 bridgehead atoms. The lowest BCUT2D eigenvalue weighted by Gasteiger charge is -2.39. The molecule has 19 heavy (non-hydrogen) atoms. The van der Waals surface area contributed by atoms with Crippen molar-refractivity contribution in [3.8, 4) is 0 Å². The van der Waals surface area contributed by atoms with E-state index in [1.807, 2.05) is 6.07 Å². The van der Waals surface area contributed by atoms with Crippen LogP contribution in [0, 0.1) is 11.7 Å². The molecule has 0 aliphatic heterocycles. The van der Waals surface area contributed by atoms with E-state index in [0.29, 0.717) is 12.4 Å². The molecule has 0 spiro atoms. The fourth-order valence-corrected chi connectivity index (χ4v) is 3.19. The first-order valence-corrected chi connectivity index (χ1v) is 7.71. The van der Waals surface area contributed by atoms with Crippen LogP contribution >= 0.6 is 23.2 Å². The summed E-state index contributed by atoms with van der Waals surface area (Å²) in [4.78, 5) is 0. The van der Waals surface area contributed by atoms with Crippen molar-refractivity contribution in [3.63, 3.8) is 0 Å². The Bertz CT molecular complexity index is 428. The van der Waals surface area contributed by atoms with Crippen molar-refractivity contribution in [1.29, 1.82) is 0 Å². The molecule has 1 saturated carbocycles. The molecule has 1 aliphatic carbocycles. The van der Waals surface area contributed by atoms with Gasteiger partial charge in [-0.25, -0.2) is 4.39 Å². The van der Waals surface area contributed by atoms with Gasteiger partial charge in [-0.1, -0.05) is 30.7 Å². The van der Waals surface area contributed by atoms with Crippen LogP contribution in [0.25, 0.3) is 0 Å². The number of hydrogen-bond acceptors (Lipinski definition) is 1. The third-order valence-electron chi connectivity index (χ3n) is 4.17. The summed E-state index contributed by atoms with van der Waals surface area (Å²) in [6.07, 6.45) is 4.53. The maximum absolute atomic E-state index is 13.4. The Balaban J connectivity index is 2.02. The predicted molar refractivity (Wildman–Crippen MR) is 79.3 cm³/mol. The van der Waals surface area contributed by atoms with E-state index in [-0.39, 0.29) is 16.4 Å². The third-order valence-corrected chi connectivity index (χ3v) is 5.11. The minimum atomic E-state index is -0.363. The van der Waals surface area contributed by atoms with Crippen molar-refractivity contribution in [2.45, 2.75) is 44.7 Å². The first kappa shape index (κ1) is 15.1. The van der Waals surface area contributed by atoms with E-state index in [2.05, 4.69) is 12.2 Å². The van der Waals surface area contributed by atoms with Crippen LogP contribution in [0.1, 0.15) is 38.2 Å². The molecule has 0 amide bonds. The minimum absolute atomic E-state index is 0.0241. The van der Waals surface area contributed by atoms with Crippen LogP contribution < -0.4 is 5.32 Å². The van der Waals surface area contributed by atoms with Crippen molar-refractivity contribution in [2.75, 3.05) is 5.88 Å². The molecule has 0 atom stereocenters. The number of nitrogens with one attached hydrogen (secondary N) is 1. The summed E-state index contributed by atoms with van der Waals surface area (Å²) < 4.78 is 13.4. The predicted octanol–water partition coefficient (Wildman–Crippen LogP) is 4.76. The van der Waals surface area contributed by atoms with Gasteiger partial charge in [0, 0.05) is 18.0 Å². The normalized spacial score (nSPS) is 27.5. The molecule has 4 heteroatoms. The lowest BCUT2D eigenvalue weighted by molar-refractivity contribution is 0.216. The average Bonchev–Trinajstić information content (AvgIpc) is 2.43. The molecule has 1 aromatic carbocycles. The highest BCUT2D eigenvalue weighted by molar-refractivity contribution is 6.31. The van der Waals surface area contributed by atoms with Gasteiger partial charge < -0.3 is 5.32 Å². The van der Waals surface area contributed by atoms with Crippen LogP contribution in [-0.2, 0) is 6.54 Å². The van der Waals surface area contributed by atoms with Crippen molar-refractivity contribution in [1.82, 2.24) is 5.32 Å². The van der Waals surface area contributed by atoms with Gasteiger partial charge in [-0.3, -0.25) is 0 Å². The minimum Gasteiger partial charge on any atom is -0.306 e. The first-order valence-electron chi connectivity index (χ1n) is 6.80. The van der Waals surface area contributed by atoms with E-state index < -0.39 is 0 Å². The van der Waals surface area contributed by atoms with Gasteiger partial charge in [0.05, 0.1) is 5.02 Å². The Morgan fingerprint density at radius 2 is 2.05 bits per heavy atom. The molecule has 0 radical (unpaired) electrons. The highest BCUT2D eigenvalue weighted by atomic mass is 35.5. The van der Waals surface area contributed by atoms with Crippen molar-refractivity contribution in [2.24, 2.45) is 5.92 Å². The van der Waals surface area contributed by atoms with Crippen molar-refractivity contribution in [3.05, 3.63) is 34.6 Å². The standard InChI is InChI=1S/C15H20Cl2FN/c1-11-5-7-15(10-16,8-6-11)19-9-12-3-2-4-13(18)14(12)17/h2-4,11,19H,5-10H2,1H3. The van der Waals surface area contributed by atoms with Crippen LogP contribution in [0.4, 0.5) is 4.39 Å². The van der Waals surface area contributed by atoms with E-state index in [0.717, 1.165) is 24.3 Å². The fourth-order valence-electron chi connectivity index (χ4n) is 2.64. The Labute approximate surface area is 124 Å². The number of alkyl halides is 1. The lowest BCUT2D eigenvalue weighted by Crippen LogP contribution is -2.49. The molecule has 0 aromatic heterocycles. The summed E-state index contributed by atoms with van der Waals surface area (Å²) >= 11 is 12.1. The number of halogens is 3. The van der Waals surface area contributed by atoms with Gasteiger partial charge in [-0.2, -0.15) is 0 Å². The van der Waals surface area contributed by atoms with Gasteiger partial charge in [0.25, 0.3) is 0 Å². The Morgan fingerprint density at radius 3 is 2.68 bits per heavy atom. The van der Waals surface area contributed by atoms with E-state index in [4.69, 9.17) is 23.2 Å². The van der Waals surface area contributed by atoms with Gasteiger partial charge in [-0.15, -0.1) is 11.6 Å². The molecule has 106 valence electrons. The van der Waals surface area contributed by atoms with Gasteiger partial charge in [0.1, 0.15) is 5.82 Å². The number of benzene rings is 1. The zero-order valence-corrected chi connectivity index (χ0v) is 12.7. The zero-order valence-electron chi connectivity index (χ0n) is 11.2. The fraction of sp³-hybridized carbons (Fsp3) is 0.600. The molecule has 1 fully saturated rings. The second-order valence-corrected chi connectivity index (χ2v) is 6.31. The van der Waals surface area contributed by atoms with E-state index in [9.17, 15) is 4.39 Å². The maximum atomic E-state index is 13.4. The molecular weight excluding hydrogens is 284 g/mol. The zero-order chi connectivity index (χ0) is 13.9. The highest BCUT2D eigenvalue weighted by Crippen LogP contribution is 2.33. The Hall–Kier alpha value is -0.310. The summed E-state index contributed by atoms with van der Waals surface area (Å²) in [7, 11) is 0. The Kier molecular flexibility index (Phi) is 5.10. The van der Waals surface area contributed by atoms with E-state index >= 15 is 0 Å². The number of rotatable bonds is 4. The van der Waals surface area contributed by atoms with E-state index in [1.54, 1.807) is 6.07 Å². The SMILES string of the molecule is CC1CCC(CCl)(NCc2cccc(F)c2Cl)CC1. The molecule has 0 heterocycles. The second kappa shape index (κ2) is 6.43. The van der Waals surface area contributed by atoms with Crippen LogP contribution in [0.5, 0.6) is 0 Å². The molecule has 1 aliphatic rings. The summed E-state index contributed by atoms with van der Waals surface area (Å²) in [5.74, 6) is 1.00. The Morgan fingerprint density at radius 1 is 1.37 bits per heavy atom. The summed E-state index contributed by atoms with van der Waals surface area (Å²) in [5.41, 5.74) is 0.772. The molecule has 1 aromatic rings. The summed E-state index contributed by atoms with van der Waals surface area (Å²) in [6.45, 7) is 2.85. The molecule has 1 nitrogen and oxygen atoms in total. The van der Waals surface area contributed by atoms with Gasteiger partial charge in [0.15, 0.2) is 0 Å². The van der Waals surface area contributed by atoms with E-state index in [1.165, 1.54) is 18.9 Å². The van der Waals surface area contributed by atoms with Gasteiger partial charge in [-0.05, 0) is 43.2 Å². The monoisotopic (exact) mass is 303 g/mol. The maximum Gasteiger partial charge on any atom is 0.142 e. The molecule has 2 rings (SSSR count). The average molecular weight is 304 g/mol. The van der Waals surface area contributed by atoms with Crippen LogP contribution in [0.15, 0.2) is 18.2 Å². The van der Waals surface area contributed by atoms with Gasteiger partial charge >= 0.3 is 0 Å². The summed E-state index contributed by atoms with van der Waals surface area (Å²) in [5, 5.41) is 3.72.